The summed E-state index contributed by atoms with van der Waals surface area (Å²) in [5, 5.41) is 16.4. The molecule has 3 heterocycles. The van der Waals surface area contributed by atoms with Crippen LogP contribution in [0.1, 0.15) is 5.69 Å². The van der Waals surface area contributed by atoms with E-state index in [0.717, 1.165) is 32.0 Å². The van der Waals surface area contributed by atoms with E-state index in [9.17, 15) is 5.11 Å². The van der Waals surface area contributed by atoms with Gasteiger partial charge in [0.15, 0.2) is 4.88 Å². The van der Waals surface area contributed by atoms with Crippen molar-refractivity contribution in [2.45, 2.75) is 0 Å². The van der Waals surface area contributed by atoms with Crippen molar-refractivity contribution in [1.29, 1.82) is 0 Å². The van der Waals surface area contributed by atoms with Gasteiger partial charge in [-0.1, -0.05) is 94.6 Å². The van der Waals surface area contributed by atoms with Crippen LogP contribution in [0.15, 0.2) is 97.1 Å². The number of thiazole rings is 1. The van der Waals surface area contributed by atoms with Crippen molar-refractivity contribution in [3.05, 3.63) is 108 Å². The first-order valence-electron chi connectivity index (χ1n) is 12.3. The molecular formula is C32H25N3OS+2. The molecule has 5 heteroatoms. The first-order valence-corrected chi connectivity index (χ1v) is 13.1. The van der Waals surface area contributed by atoms with Crippen molar-refractivity contribution in [2.24, 2.45) is 14.1 Å². The SMILES string of the molecule is Cn1/c(=C/C=C/c2c3sc(-c4ccccc4)c(O)[n+]3c3ccccc3[n+]2C)c2cccc3cccc1c32. The lowest BCUT2D eigenvalue weighted by molar-refractivity contribution is -0.656. The lowest BCUT2D eigenvalue weighted by atomic mass is 10.1. The van der Waals surface area contributed by atoms with Crippen LogP contribution in [0.5, 0.6) is 5.88 Å². The van der Waals surface area contributed by atoms with Crippen LogP contribution in [0, 0.1) is 0 Å². The molecule has 0 fully saturated rings. The topological polar surface area (TPSA) is 33.1 Å². The minimum Gasteiger partial charge on any atom is -0.458 e. The molecule has 0 unspecified atom stereocenters. The zero-order valence-electron chi connectivity index (χ0n) is 20.6. The number of benzene rings is 4. The largest absolute Gasteiger partial charge is 0.458 e. The third-order valence-corrected chi connectivity index (χ3v) is 8.51. The Kier molecular flexibility index (Phi) is 4.88. The van der Waals surface area contributed by atoms with Crippen molar-refractivity contribution in [3.63, 3.8) is 0 Å². The second kappa shape index (κ2) is 8.29. The number of fused-ring (bicyclic) bond motifs is 3. The molecular weight excluding hydrogens is 474 g/mol. The highest BCUT2D eigenvalue weighted by Gasteiger charge is 2.32. The lowest BCUT2D eigenvalue weighted by Crippen LogP contribution is -2.39. The van der Waals surface area contributed by atoms with Crippen LogP contribution in [0.4, 0.5) is 0 Å². The summed E-state index contributed by atoms with van der Waals surface area (Å²) in [5.41, 5.74) is 5.31. The number of para-hydroxylation sites is 2. The highest BCUT2D eigenvalue weighted by atomic mass is 32.1. The van der Waals surface area contributed by atoms with E-state index < -0.39 is 0 Å². The number of allylic oxidation sites excluding steroid dienone is 1. The van der Waals surface area contributed by atoms with Gasteiger partial charge in [-0.3, -0.25) is 0 Å². The molecule has 0 radical (unpaired) electrons. The van der Waals surface area contributed by atoms with Gasteiger partial charge in [-0.2, -0.15) is 4.57 Å². The average molecular weight is 500 g/mol. The zero-order chi connectivity index (χ0) is 25.1. The molecule has 4 nitrogen and oxygen atoms in total. The molecule has 1 N–H and O–H groups in total. The summed E-state index contributed by atoms with van der Waals surface area (Å²) >= 11 is 1.61. The molecule has 37 heavy (non-hydrogen) atoms. The van der Waals surface area contributed by atoms with E-state index in [2.05, 4.69) is 90.0 Å². The summed E-state index contributed by atoms with van der Waals surface area (Å²) in [4.78, 5) is 1.86. The minimum absolute atomic E-state index is 0.272. The van der Waals surface area contributed by atoms with Gasteiger partial charge >= 0.3 is 10.7 Å². The Hall–Kier alpha value is -4.48. The number of nitrogens with zero attached hydrogens (tertiary/aromatic N) is 3. The molecule has 0 aliphatic carbocycles. The van der Waals surface area contributed by atoms with Crippen molar-refractivity contribution >= 4 is 61.0 Å². The summed E-state index contributed by atoms with van der Waals surface area (Å²) in [6.07, 6.45) is 6.46. The normalized spacial score (nSPS) is 12.8. The Labute approximate surface area is 217 Å². The van der Waals surface area contributed by atoms with Gasteiger partial charge in [-0.25, -0.2) is 0 Å². The third kappa shape index (κ3) is 3.21. The first-order chi connectivity index (χ1) is 18.1. The molecule has 7 rings (SSSR count). The Morgan fingerprint density at radius 2 is 1.57 bits per heavy atom. The fourth-order valence-electron chi connectivity index (χ4n) is 5.50. The summed E-state index contributed by atoms with van der Waals surface area (Å²) in [6.45, 7) is 0. The van der Waals surface area contributed by atoms with Crippen LogP contribution < -0.4 is 14.3 Å². The maximum Gasteiger partial charge on any atom is 0.391 e. The Bertz CT molecular complexity index is 2060. The lowest BCUT2D eigenvalue weighted by Gasteiger charge is -1.98. The molecule has 0 atom stereocenters. The Morgan fingerprint density at radius 1 is 0.838 bits per heavy atom. The number of aromatic nitrogens is 3. The molecule has 7 aromatic rings. The van der Waals surface area contributed by atoms with E-state index in [1.165, 1.54) is 27.0 Å². The van der Waals surface area contributed by atoms with Crippen molar-refractivity contribution in [3.8, 4) is 16.3 Å². The highest BCUT2D eigenvalue weighted by molar-refractivity contribution is 7.20. The first kappa shape index (κ1) is 21.8. The van der Waals surface area contributed by atoms with Gasteiger partial charge in [0.25, 0.3) is 16.7 Å². The quantitative estimate of drug-likeness (QED) is 0.311. The number of aromatic hydroxyl groups is 1. The van der Waals surface area contributed by atoms with Gasteiger partial charge in [0.2, 0.25) is 0 Å². The number of rotatable bonds is 3. The van der Waals surface area contributed by atoms with Crippen molar-refractivity contribution in [2.75, 3.05) is 0 Å². The monoisotopic (exact) mass is 499 g/mol. The van der Waals surface area contributed by atoms with Gasteiger partial charge in [0.05, 0.1) is 0 Å². The van der Waals surface area contributed by atoms with Gasteiger partial charge in [0.1, 0.15) is 7.05 Å². The van der Waals surface area contributed by atoms with Crippen LogP contribution >= 0.6 is 11.3 Å². The predicted octanol–water partition coefficient (Wildman–Crippen LogP) is 5.69. The molecule has 0 spiro atoms. The van der Waals surface area contributed by atoms with Crippen LogP contribution in [-0.2, 0) is 14.1 Å². The van der Waals surface area contributed by atoms with Crippen LogP contribution in [-0.4, -0.2) is 9.67 Å². The smallest absolute Gasteiger partial charge is 0.391 e. The minimum atomic E-state index is 0.272. The average Bonchev–Trinajstić information content (AvgIpc) is 3.42. The molecule has 178 valence electrons. The zero-order valence-corrected chi connectivity index (χ0v) is 21.4. The molecule has 0 saturated carbocycles. The van der Waals surface area contributed by atoms with Crippen molar-refractivity contribution in [1.82, 2.24) is 4.57 Å². The van der Waals surface area contributed by atoms with Gasteiger partial charge in [-0.15, -0.1) is 0 Å². The Morgan fingerprint density at radius 3 is 2.38 bits per heavy atom. The van der Waals surface area contributed by atoms with Gasteiger partial charge in [0, 0.05) is 52.5 Å². The van der Waals surface area contributed by atoms with Crippen LogP contribution in [0.25, 0.3) is 60.1 Å². The molecule has 0 aliphatic rings. The number of hydrogen-bond donors (Lipinski definition) is 1. The number of aryl methyl sites for hydroxylation is 2. The van der Waals surface area contributed by atoms with Crippen LogP contribution in [0.2, 0.25) is 0 Å². The standard InChI is InChI=1S/C32H24N3OS/c1-33-24(23-15-8-13-21-14-9-19-27(33)29(21)23)18-10-20-28-32-35(26-17-7-6-16-25(26)34(28)2)31(36)30(37-32)22-11-4-3-5-12-22/h3-20H,1-2H3/q+1/p+1. The molecule has 4 aromatic carbocycles. The molecule has 0 saturated heterocycles. The highest BCUT2D eigenvalue weighted by Crippen LogP contribution is 2.36. The number of hydrogen-bond acceptors (Lipinski definition) is 2. The molecule has 0 amide bonds. The third-order valence-electron chi connectivity index (χ3n) is 7.31. The summed E-state index contributed by atoms with van der Waals surface area (Å²) in [6, 6.07) is 31.3. The summed E-state index contributed by atoms with van der Waals surface area (Å²) in [5.74, 6) is 0.272. The predicted molar refractivity (Wildman–Crippen MR) is 152 cm³/mol. The second-order valence-corrected chi connectivity index (χ2v) is 10.3. The van der Waals surface area contributed by atoms with Gasteiger partial charge < -0.3 is 9.67 Å². The summed E-state index contributed by atoms with van der Waals surface area (Å²) < 4.78 is 6.45. The van der Waals surface area contributed by atoms with E-state index in [0.29, 0.717) is 0 Å². The van der Waals surface area contributed by atoms with E-state index in [1.54, 1.807) is 11.3 Å². The maximum atomic E-state index is 11.4. The van der Waals surface area contributed by atoms with E-state index in [-0.39, 0.29) is 5.88 Å². The van der Waals surface area contributed by atoms with Gasteiger partial charge in [-0.05, 0) is 17.5 Å². The molecule has 0 bridgehead atoms. The Balaban J connectivity index is 1.48. The summed E-state index contributed by atoms with van der Waals surface area (Å²) in [7, 11) is 4.22. The van der Waals surface area contributed by atoms with Crippen LogP contribution in [0.3, 0.4) is 0 Å². The molecule has 3 aromatic heterocycles. The maximum absolute atomic E-state index is 11.4. The fourth-order valence-corrected chi connectivity index (χ4v) is 6.72. The van der Waals surface area contributed by atoms with E-state index in [4.69, 9.17) is 0 Å². The fraction of sp³-hybridized carbons (Fsp3) is 0.0625. The van der Waals surface area contributed by atoms with E-state index in [1.807, 2.05) is 46.9 Å². The van der Waals surface area contributed by atoms with E-state index >= 15 is 0 Å². The second-order valence-electron chi connectivity index (χ2n) is 9.35. The molecule has 0 aliphatic heterocycles. The van der Waals surface area contributed by atoms with Crippen molar-refractivity contribution < 1.29 is 14.1 Å².